The van der Waals surface area contributed by atoms with Gasteiger partial charge in [-0.05, 0) is 30.0 Å². The number of rotatable bonds is 6. The molecular weight excluding hydrogens is 240 g/mol. The average molecular weight is 260 g/mol. The van der Waals surface area contributed by atoms with Gasteiger partial charge in [0.15, 0.2) is 0 Å². The topological polar surface area (TPSA) is 65.1 Å². The minimum absolute atomic E-state index is 0.153. The zero-order valence-corrected chi connectivity index (χ0v) is 11.3. The van der Waals surface area contributed by atoms with E-state index in [1.54, 1.807) is 11.8 Å². The summed E-state index contributed by atoms with van der Waals surface area (Å²) in [5.74, 6) is 6.55. The van der Waals surface area contributed by atoms with E-state index in [1.165, 1.54) is 5.56 Å². The van der Waals surface area contributed by atoms with Gasteiger partial charge in [-0.25, -0.2) is 0 Å². The van der Waals surface area contributed by atoms with Gasteiger partial charge < -0.3 is 4.74 Å². The standard InChI is InChI=1S/C14H20N4O/c1-18-10-11(9-16-18)7-13(17-15)8-12-5-3-4-6-14(12)19-2/h3-6,9-10,13,17H,7-8,15H2,1-2H3. The summed E-state index contributed by atoms with van der Waals surface area (Å²) < 4.78 is 7.16. The van der Waals surface area contributed by atoms with Crippen LogP contribution in [-0.4, -0.2) is 22.9 Å². The molecule has 19 heavy (non-hydrogen) atoms. The summed E-state index contributed by atoms with van der Waals surface area (Å²) in [4.78, 5) is 0. The smallest absolute Gasteiger partial charge is 0.122 e. The number of para-hydroxylation sites is 1. The van der Waals surface area contributed by atoms with Crippen molar-refractivity contribution in [3.05, 3.63) is 47.8 Å². The number of hydrogen-bond donors (Lipinski definition) is 2. The third kappa shape index (κ3) is 3.56. The van der Waals surface area contributed by atoms with Gasteiger partial charge >= 0.3 is 0 Å². The normalized spacial score (nSPS) is 12.4. The van der Waals surface area contributed by atoms with Gasteiger partial charge in [-0.3, -0.25) is 16.0 Å². The molecule has 1 heterocycles. The SMILES string of the molecule is COc1ccccc1CC(Cc1cnn(C)c1)NN. The molecule has 0 fully saturated rings. The first kappa shape index (κ1) is 13.6. The molecular formula is C14H20N4O. The lowest BCUT2D eigenvalue weighted by atomic mass is 10.0. The molecule has 5 nitrogen and oxygen atoms in total. The molecule has 2 aromatic rings. The molecule has 0 aliphatic carbocycles. The second-order valence-corrected chi connectivity index (χ2v) is 4.61. The van der Waals surface area contributed by atoms with E-state index < -0.39 is 0 Å². The molecule has 0 aliphatic rings. The highest BCUT2D eigenvalue weighted by Gasteiger charge is 2.12. The Bertz CT molecular complexity index is 524. The molecule has 1 aromatic carbocycles. The van der Waals surface area contributed by atoms with Crippen LogP contribution in [0.25, 0.3) is 0 Å². The fourth-order valence-electron chi connectivity index (χ4n) is 2.19. The Morgan fingerprint density at radius 1 is 1.37 bits per heavy atom. The van der Waals surface area contributed by atoms with E-state index in [4.69, 9.17) is 10.6 Å². The van der Waals surface area contributed by atoms with E-state index in [9.17, 15) is 0 Å². The van der Waals surface area contributed by atoms with Gasteiger partial charge in [0.1, 0.15) is 5.75 Å². The van der Waals surface area contributed by atoms with Gasteiger partial charge in [-0.15, -0.1) is 0 Å². The number of nitrogens with two attached hydrogens (primary N) is 1. The zero-order chi connectivity index (χ0) is 13.7. The molecule has 0 spiro atoms. The van der Waals surface area contributed by atoms with Gasteiger partial charge in [-0.2, -0.15) is 5.10 Å². The first-order chi connectivity index (χ1) is 9.22. The molecule has 1 unspecified atom stereocenters. The van der Waals surface area contributed by atoms with Crippen LogP contribution in [0, 0.1) is 0 Å². The summed E-state index contributed by atoms with van der Waals surface area (Å²) in [6.07, 6.45) is 5.52. The van der Waals surface area contributed by atoms with Crippen molar-refractivity contribution in [2.75, 3.05) is 7.11 Å². The van der Waals surface area contributed by atoms with Crippen LogP contribution in [0.4, 0.5) is 0 Å². The zero-order valence-electron chi connectivity index (χ0n) is 11.3. The molecule has 102 valence electrons. The van der Waals surface area contributed by atoms with Crippen LogP contribution in [0.2, 0.25) is 0 Å². The van der Waals surface area contributed by atoms with E-state index in [0.717, 1.165) is 24.2 Å². The van der Waals surface area contributed by atoms with Crippen molar-refractivity contribution in [3.8, 4) is 5.75 Å². The fourth-order valence-corrected chi connectivity index (χ4v) is 2.19. The molecule has 0 bridgehead atoms. The quantitative estimate of drug-likeness (QED) is 0.602. The number of hydrazine groups is 1. The number of aromatic nitrogens is 2. The molecule has 3 N–H and O–H groups in total. The van der Waals surface area contributed by atoms with Crippen LogP contribution < -0.4 is 16.0 Å². The number of aryl methyl sites for hydroxylation is 1. The third-order valence-electron chi connectivity index (χ3n) is 3.13. The van der Waals surface area contributed by atoms with Gasteiger partial charge in [0.25, 0.3) is 0 Å². The maximum atomic E-state index is 5.65. The van der Waals surface area contributed by atoms with Gasteiger partial charge in [-0.1, -0.05) is 18.2 Å². The van der Waals surface area contributed by atoms with Crippen molar-refractivity contribution in [1.82, 2.24) is 15.2 Å². The van der Waals surface area contributed by atoms with Gasteiger partial charge in [0, 0.05) is 19.3 Å². The minimum atomic E-state index is 0.153. The molecule has 0 radical (unpaired) electrons. The monoisotopic (exact) mass is 260 g/mol. The predicted molar refractivity (Wildman–Crippen MR) is 74.7 cm³/mol. The Morgan fingerprint density at radius 2 is 2.16 bits per heavy atom. The number of methoxy groups -OCH3 is 1. The number of nitrogens with one attached hydrogen (secondary N) is 1. The van der Waals surface area contributed by atoms with Crippen LogP contribution in [0.15, 0.2) is 36.7 Å². The lowest BCUT2D eigenvalue weighted by molar-refractivity contribution is 0.404. The van der Waals surface area contributed by atoms with E-state index in [2.05, 4.69) is 16.6 Å². The summed E-state index contributed by atoms with van der Waals surface area (Å²) in [5.41, 5.74) is 5.18. The number of nitrogens with zero attached hydrogens (tertiary/aromatic N) is 2. The minimum Gasteiger partial charge on any atom is -0.496 e. The van der Waals surface area contributed by atoms with Crippen molar-refractivity contribution in [2.45, 2.75) is 18.9 Å². The Hall–Kier alpha value is -1.85. The first-order valence-corrected chi connectivity index (χ1v) is 6.28. The average Bonchev–Trinajstić information content (AvgIpc) is 2.84. The Labute approximate surface area is 113 Å². The highest BCUT2D eigenvalue weighted by molar-refractivity contribution is 5.34. The van der Waals surface area contributed by atoms with Crippen molar-refractivity contribution >= 4 is 0 Å². The summed E-state index contributed by atoms with van der Waals surface area (Å²) in [7, 11) is 3.60. The third-order valence-corrected chi connectivity index (χ3v) is 3.13. The second-order valence-electron chi connectivity index (χ2n) is 4.61. The lowest BCUT2D eigenvalue weighted by Crippen LogP contribution is -2.38. The van der Waals surface area contributed by atoms with E-state index >= 15 is 0 Å². The van der Waals surface area contributed by atoms with Crippen LogP contribution in [0.3, 0.4) is 0 Å². The largest absolute Gasteiger partial charge is 0.496 e. The highest BCUT2D eigenvalue weighted by Crippen LogP contribution is 2.19. The van der Waals surface area contributed by atoms with Crippen LogP contribution in [0.1, 0.15) is 11.1 Å². The van der Waals surface area contributed by atoms with Crippen molar-refractivity contribution in [2.24, 2.45) is 12.9 Å². The van der Waals surface area contributed by atoms with E-state index in [0.29, 0.717) is 0 Å². The van der Waals surface area contributed by atoms with Gasteiger partial charge in [0.05, 0.1) is 13.3 Å². The summed E-state index contributed by atoms with van der Waals surface area (Å²) in [5, 5.41) is 4.17. The molecule has 0 saturated carbocycles. The van der Waals surface area contributed by atoms with Crippen molar-refractivity contribution in [3.63, 3.8) is 0 Å². The molecule has 0 saturated heterocycles. The molecule has 1 atom stereocenters. The lowest BCUT2D eigenvalue weighted by Gasteiger charge is -2.16. The molecule has 2 rings (SSSR count). The number of hydrogen-bond acceptors (Lipinski definition) is 4. The second kappa shape index (κ2) is 6.36. The van der Waals surface area contributed by atoms with Crippen LogP contribution >= 0.6 is 0 Å². The molecule has 0 aliphatic heterocycles. The van der Waals surface area contributed by atoms with Crippen LogP contribution in [-0.2, 0) is 19.9 Å². The summed E-state index contributed by atoms with van der Waals surface area (Å²) in [6, 6.07) is 8.16. The first-order valence-electron chi connectivity index (χ1n) is 6.28. The maximum absolute atomic E-state index is 5.65. The fraction of sp³-hybridized carbons (Fsp3) is 0.357. The van der Waals surface area contributed by atoms with Crippen LogP contribution in [0.5, 0.6) is 5.75 Å². The van der Waals surface area contributed by atoms with E-state index in [1.807, 2.05) is 37.6 Å². The Morgan fingerprint density at radius 3 is 2.79 bits per heavy atom. The van der Waals surface area contributed by atoms with Gasteiger partial charge in [0.2, 0.25) is 0 Å². The number of ether oxygens (including phenoxy) is 1. The Balaban J connectivity index is 2.06. The van der Waals surface area contributed by atoms with E-state index in [-0.39, 0.29) is 6.04 Å². The highest BCUT2D eigenvalue weighted by atomic mass is 16.5. The molecule has 0 amide bonds. The van der Waals surface area contributed by atoms with Crippen molar-refractivity contribution < 1.29 is 4.74 Å². The predicted octanol–water partition coefficient (Wildman–Crippen LogP) is 1.05. The molecule has 5 heteroatoms. The summed E-state index contributed by atoms with van der Waals surface area (Å²) in [6.45, 7) is 0. The summed E-state index contributed by atoms with van der Waals surface area (Å²) >= 11 is 0. The van der Waals surface area contributed by atoms with Crippen molar-refractivity contribution in [1.29, 1.82) is 0 Å². The number of benzene rings is 1. The molecule has 1 aromatic heterocycles. The maximum Gasteiger partial charge on any atom is 0.122 e. The Kier molecular flexibility index (Phi) is 4.54.